The number of hydrogen-bond acceptors (Lipinski definition) is 5. The van der Waals surface area contributed by atoms with Crippen LogP contribution in [-0.4, -0.2) is 15.1 Å². The number of hydrogen-bond donors (Lipinski definition) is 1. The molecule has 0 amide bonds. The third-order valence-corrected chi connectivity index (χ3v) is 4.46. The number of halogens is 3. The van der Waals surface area contributed by atoms with E-state index in [1.165, 1.54) is 23.7 Å². The van der Waals surface area contributed by atoms with Crippen molar-refractivity contribution in [1.82, 2.24) is 9.97 Å². The highest BCUT2D eigenvalue weighted by atomic mass is 35.5. The zero-order chi connectivity index (χ0) is 18.0. The van der Waals surface area contributed by atoms with Crippen molar-refractivity contribution < 1.29 is 13.9 Å². The summed E-state index contributed by atoms with van der Waals surface area (Å²) in [6.45, 7) is 0. The molecule has 0 unspecified atom stereocenters. The number of pyridine rings is 1. The van der Waals surface area contributed by atoms with Crippen LogP contribution in [0.4, 0.5) is 8.78 Å². The van der Waals surface area contributed by atoms with Crippen LogP contribution in [-0.2, 0) is 0 Å². The van der Waals surface area contributed by atoms with Crippen LogP contribution in [0.2, 0.25) is 5.15 Å². The number of aliphatic hydroxyl groups is 1. The van der Waals surface area contributed by atoms with Gasteiger partial charge in [0.05, 0.1) is 16.8 Å². The first kappa shape index (κ1) is 17.0. The van der Waals surface area contributed by atoms with E-state index in [1.807, 2.05) is 6.07 Å². The first-order chi connectivity index (χ1) is 12.0. The van der Waals surface area contributed by atoms with Gasteiger partial charge in [0.2, 0.25) is 0 Å². The lowest BCUT2D eigenvalue weighted by molar-refractivity contribution is 0.514. The van der Waals surface area contributed by atoms with Gasteiger partial charge in [-0.3, -0.25) is 0 Å². The van der Waals surface area contributed by atoms with Crippen LogP contribution in [0, 0.1) is 23.0 Å². The molecule has 1 N–H and O–H groups in total. The molecule has 0 aliphatic rings. The normalized spacial score (nSPS) is 11.8. The Morgan fingerprint density at radius 3 is 2.56 bits per heavy atom. The zero-order valence-electron chi connectivity index (χ0n) is 12.4. The molecule has 0 aliphatic carbocycles. The van der Waals surface area contributed by atoms with E-state index in [4.69, 9.17) is 11.6 Å². The van der Waals surface area contributed by atoms with Crippen LogP contribution in [0.15, 0.2) is 41.9 Å². The Bertz CT molecular complexity index is 1010. The first-order valence-corrected chi connectivity index (χ1v) is 8.13. The molecule has 0 radical (unpaired) electrons. The molecular weight excluding hydrogens is 368 g/mol. The molecule has 0 saturated carbocycles. The molecule has 25 heavy (non-hydrogen) atoms. The molecule has 0 bridgehead atoms. The lowest BCUT2D eigenvalue weighted by atomic mass is 10.1. The number of nitrogens with zero attached hydrogens (tertiary/aromatic N) is 3. The summed E-state index contributed by atoms with van der Waals surface area (Å²) in [6.07, 6.45) is 1.44. The minimum Gasteiger partial charge on any atom is -0.506 e. The molecular formula is C17H8ClF2N3OS. The number of benzene rings is 1. The second kappa shape index (κ2) is 6.97. The van der Waals surface area contributed by atoms with Gasteiger partial charge in [-0.05, 0) is 24.3 Å². The summed E-state index contributed by atoms with van der Waals surface area (Å²) in [5, 5.41) is 21.3. The number of allylic oxidation sites excluding steroid dienone is 1. The molecule has 0 atom stereocenters. The number of aliphatic hydroxyl groups excluding tert-OH is 1. The van der Waals surface area contributed by atoms with Crippen molar-refractivity contribution >= 4 is 34.3 Å². The largest absolute Gasteiger partial charge is 0.506 e. The summed E-state index contributed by atoms with van der Waals surface area (Å²) in [7, 11) is 0. The van der Waals surface area contributed by atoms with Gasteiger partial charge in [-0.15, -0.1) is 11.3 Å². The van der Waals surface area contributed by atoms with Gasteiger partial charge < -0.3 is 5.11 Å². The maximum absolute atomic E-state index is 13.9. The van der Waals surface area contributed by atoms with E-state index in [0.717, 1.165) is 23.5 Å². The summed E-state index contributed by atoms with van der Waals surface area (Å²) in [6, 6.07) is 8.37. The predicted molar refractivity (Wildman–Crippen MR) is 91.8 cm³/mol. The summed E-state index contributed by atoms with van der Waals surface area (Å²) in [5.41, 5.74) is -0.257. The van der Waals surface area contributed by atoms with Gasteiger partial charge in [0.25, 0.3) is 0 Å². The van der Waals surface area contributed by atoms with Crippen LogP contribution >= 0.6 is 22.9 Å². The van der Waals surface area contributed by atoms with Gasteiger partial charge in [-0.25, -0.2) is 18.7 Å². The monoisotopic (exact) mass is 375 g/mol. The summed E-state index contributed by atoms with van der Waals surface area (Å²) >= 11 is 6.89. The predicted octanol–water partition coefficient (Wildman–Crippen LogP) is 5.09. The van der Waals surface area contributed by atoms with Crippen molar-refractivity contribution in [2.75, 3.05) is 0 Å². The minimum atomic E-state index is -0.765. The second-order valence-corrected chi connectivity index (χ2v) is 6.03. The van der Waals surface area contributed by atoms with Crippen molar-refractivity contribution in [2.24, 2.45) is 0 Å². The van der Waals surface area contributed by atoms with Gasteiger partial charge in [0.1, 0.15) is 39.2 Å². The quantitative estimate of drug-likeness (QED) is 0.393. The maximum atomic E-state index is 13.9. The standard InChI is InChI=1S/C17H8ClF2N3OS/c18-16-9(3-2-6-22-16)15(24)10(7-21)17-23-13(8-25-17)14-11(19)4-1-5-12(14)20/h1-6,8,24H. The Balaban J connectivity index is 2.11. The topological polar surface area (TPSA) is 69.8 Å². The van der Waals surface area contributed by atoms with Crippen molar-refractivity contribution in [3.63, 3.8) is 0 Å². The van der Waals surface area contributed by atoms with Crippen LogP contribution in [0.1, 0.15) is 10.6 Å². The lowest BCUT2D eigenvalue weighted by Gasteiger charge is -2.04. The highest BCUT2D eigenvalue weighted by Gasteiger charge is 2.19. The Kier molecular flexibility index (Phi) is 4.74. The Labute approximate surface area is 150 Å². The third-order valence-electron chi connectivity index (χ3n) is 3.30. The third kappa shape index (κ3) is 3.22. The van der Waals surface area contributed by atoms with Crippen molar-refractivity contribution in [3.8, 4) is 17.3 Å². The van der Waals surface area contributed by atoms with Crippen LogP contribution in [0.25, 0.3) is 22.6 Å². The highest BCUT2D eigenvalue weighted by Crippen LogP contribution is 2.33. The fourth-order valence-corrected chi connectivity index (χ4v) is 3.16. The molecule has 3 rings (SSSR count). The van der Waals surface area contributed by atoms with Crippen LogP contribution in [0.3, 0.4) is 0 Å². The summed E-state index contributed by atoms with van der Waals surface area (Å²) in [4.78, 5) is 7.92. The van der Waals surface area contributed by atoms with E-state index < -0.39 is 17.4 Å². The Morgan fingerprint density at radius 1 is 1.20 bits per heavy atom. The van der Waals surface area contributed by atoms with Crippen molar-refractivity contribution in [3.05, 3.63) is 69.3 Å². The van der Waals surface area contributed by atoms with E-state index in [9.17, 15) is 19.1 Å². The van der Waals surface area contributed by atoms with Gasteiger partial charge in [-0.2, -0.15) is 5.26 Å². The number of aromatic nitrogens is 2. The van der Waals surface area contributed by atoms with Crippen molar-refractivity contribution in [1.29, 1.82) is 5.26 Å². The van der Waals surface area contributed by atoms with E-state index in [1.54, 1.807) is 6.07 Å². The van der Waals surface area contributed by atoms with E-state index >= 15 is 0 Å². The van der Waals surface area contributed by atoms with Crippen LogP contribution in [0.5, 0.6) is 0 Å². The Hall–Kier alpha value is -2.82. The first-order valence-electron chi connectivity index (χ1n) is 6.87. The molecule has 1 aromatic carbocycles. The molecule has 8 heteroatoms. The smallest absolute Gasteiger partial charge is 0.146 e. The van der Waals surface area contributed by atoms with Crippen LogP contribution < -0.4 is 0 Å². The Morgan fingerprint density at radius 2 is 1.92 bits per heavy atom. The van der Waals surface area contributed by atoms with E-state index in [0.29, 0.717) is 0 Å². The molecule has 4 nitrogen and oxygen atoms in total. The lowest BCUT2D eigenvalue weighted by Crippen LogP contribution is -1.93. The molecule has 0 fully saturated rings. The molecule has 0 aliphatic heterocycles. The minimum absolute atomic E-state index is 0.0182. The average Bonchev–Trinajstić information content (AvgIpc) is 3.05. The number of rotatable bonds is 3. The fourth-order valence-electron chi connectivity index (χ4n) is 2.15. The maximum Gasteiger partial charge on any atom is 0.146 e. The molecule has 2 heterocycles. The molecule has 3 aromatic rings. The molecule has 124 valence electrons. The second-order valence-electron chi connectivity index (χ2n) is 4.81. The molecule has 2 aromatic heterocycles. The SMILES string of the molecule is N#CC(=C(O)c1cccnc1Cl)c1nc(-c2c(F)cccc2F)cs1. The van der Waals surface area contributed by atoms with E-state index in [2.05, 4.69) is 9.97 Å². The fraction of sp³-hybridized carbons (Fsp3) is 0. The van der Waals surface area contributed by atoms with Gasteiger partial charge >= 0.3 is 0 Å². The number of nitriles is 1. The molecule has 0 spiro atoms. The zero-order valence-corrected chi connectivity index (χ0v) is 13.9. The average molecular weight is 376 g/mol. The van der Waals surface area contributed by atoms with E-state index in [-0.39, 0.29) is 32.6 Å². The van der Waals surface area contributed by atoms with Gasteiger partial charge in [-0.1, -0.05) is 17.7 Å². The van der Waals surface area contributed by atoms with Crippen molar-refractivity contribution in [2.45, 2.75) is 0 Å². The molecule has 0 saturated heterocycles. The number of thiazole rings is 1. The highest BCUT2D eigenvalue weighted by molar-refractivity contribution is 7.11. The van der Waals surface area contributed by atoms with Gasteiger partial charge in [0, 0.05) is 11.6 Å². The van der Waals surface area contributed by atoms with Gasteiger partial charge in [0.15, 0.2) is 0 Å². The summed E-state index contributed by atoms with van der Waals surface area (Å²) in [5.74, 6) is -1.94. The summed E-state index contributed by atoms with van der Waals surface area (Å²) < 4.78 is 27.8.